The summed E-state index contributed by atoms with van der Waals surface area (Å²) >= 11 is 3.37. The topological polar surface area (TPSA) is 41.1 Å². The van der Waals surface area contributed by atoms with Crippen molar-refractivity contribution in [1.82, 2.24) is 5.32 Å². The van der Waals surface area contributed by atoms with Crippen LogP contribution in [0.25, 0.3) is 0 Å². The first-order chi connectivity index (χ1) is 8.97. The first-order valence-corrected chi connectivity index (χ1v) is 7.55. The second-order valence-electron chi connectivity index (χ2n) is 5.31. The molecule has 0 spiro atoms. The summed E-state index contributed by atoms with van der Waals surface area (Å²) in [5, 5.41) is 6.12. The first-order valence-electron chi connectivity index (χ1n) is 6.76. The van der Waals surface area contributed by atoms with E-state index in [1.807, 2.05) is 24.3 Å². The molecule has 4 heteroatoms. The van der Waals surface area contributed by atoms with Gasteiger partial charge in [-0.1, -0.05) is 29.8 Å². The molecule has 1 rings (SSSR count). The highest BCUT2D eigenvalue weighted by Gasteiger charge is 2.06. The van der Waals surface area contributed by atoms with Crippen molar-refractivity contribution < 1.29 is 4.79 Å². The largest absolute Gasteiger partial charge is 0.325 e. The molecule has 0 bridgehead atoms. The van der Waals surface area contributed by atoms with Crippen LogP contribution in [0.3, 0.4) is 0 Å². The van der Waals surface area contributed by atoms with Crippen molar-refractivity contribution >= 4 is 27.5 Å². The van der Waals surface area contributed by atoms with Crippen LogP contribution in [-0.4, -0.2) is 18.5 Å². The lowest BCUT2D eigenvalue weighted by Crippen LogP contribution is -2.34. The van der Waals surface area contributed by atoms with E-state index in [9.17, 15) is 4.79 Å². The zero-order valence-electron chi connectivity index (χ0n) is 11.9. The summed E-state index contributed by atoms with van der Waals surface area (Å²) in [6.45, 7) is 6.91. The highest BCUT2D eigenvalue weighted by molar-refractivity contribution is 9.10. The molecule has 0 aromatic heterocycles. The van der Waals surface area contributed by atoms with Gasteiger partial charge in [0.1, 0.15) is 0 Å². The summed E-state index contributed by atoms with van der Waals surface area (Å²) in [5.74, 6) is 0.708. The molecule has 0 aliphatic heterocycles. The second-order valence-corrected chi connectivity index (χ2v) is 6.22. The van der Waals surface area contributed by atoms with Gasteiger partial charge in [0.05, 0.1) is 6.54 Å². The lowest BCUT2D eigenvalue weighted by molar-refractivity contribution is -0.115. The van der Waals surface area contributed by atoms with Crippen LogP contribution in [0.5, 0.6) is 0 Å². The number of halogens is 1. The molecular weight excluding hydrogens is 304 g/mol. The van der Waals surface area contributed by atoms with E-state index in [1.54, 1.807) is 0 Å². The Morgan fingerprint density at radius 2 is 1.79 bits per heavy atom. The van der Waals surface area contributed by atoms with Crippen molar-refractivity contribution in [2.45, 2.75) is 39.7 Å². The summed E-state index contributed by atoms with van der Waals surface area (Å²) in [7, 11) is 0. The van der Waals surface area contributed by atoms with Crippen LogP contribution in [0, 0.1) is 5.92 Å². The molecule has 0 aliphatic rings. The normalized spacial score (nSPS) is 12.5. The molecule has 0 saturated heterocycles. The SMILES string of the molecule is CC(C)CC[C@H](C)NCC(=O)Nc1ccc(Br)cc1. The Hall–Kier alpha value is -0.870. The quantitative estimate of drug-likeness (QED) is 0.800. The molecule has 3 nitrogen and oxygen atoms in total. The predicted octanol–water partition coefficient (Wildman–Crippen LogP) is 3.80. The third-order valence-corrected chi connectivity index (χ3v) is 3.44. The summed E-state index contributed by atoms with van der Waals surface area (Å²) in [6, 6.07) is 7.95. The Balaban J connectivity index is 2.26. The van der Waals surface area contributed by atoms with Gasteiger partial charge >= 0.3 is 0 Å². The summed E-state index contributed by atoms with van der Waals surface area (Å²) in [4.78, 5) is 11.8. The molecule has 0 radical (unpaired) electrons. The van der Waals surface area contributed by atoms with Gasteiger partial charge in [-0.3, -0.25) is 4.79 Å². The number of amides is 1. The Morgan fingerprint density at radius 3 is 2.37 bits per heavy atom. The third kappa shape index (κ3) is 7.33. The fourth-order valence-electron chi connectivity index (χ4n) is 1.69. The highest BCUT2D eigenvalue weighted by atomic mass is 79.9. The zero-order valence-corrected chi connectivity index (χ0v) is 13.5. The smallest absolute Gasteiger partial charge is 0.238 e. The van der Waals surface area contributed by atoms with E-state index < -0.39 is 0 Å². The molecular formula is C15H23BrN2O. The first kappa shape index (κ1) is 16.2. The van der Waals surface area contributed by atoms with E-state index in [1.165, 1.54) is 6.42 Å². The van der Waals surface area contributed by atoms with Crippen LogP contribution >= 0.6 is 15.9 Å². The van der Waals surface area contributed by atoms with Crippen LogP contribution < -0.4 is 10.6 Å². The van der Waals surface area contributed by atoms with Gasteiger partial charge in [-0.2, -0.15) is 0 Å². The minimum atomic E-state index is -0.00119. The molecule has 1 amide bonds. The van der Waals surface area contributed by atoms with Crippen molar-refractivity contribution in [1.29, 1.82) is 0 Å². The van der Waals surface area contributed by atoms with Gasteiger partial charge in [-0.25, -0.2) is 0 Å². The lowest BCUT2D eigenvalue weighted by Gasteiger charge is -2.14. The van der Waals surface area contributed by atoms with E-state index in [-0.39, 0.29) is 5.91 Å². The zero-order chi connectivity index (χ0) is 14.3. The van der Waals surface area contributed by atoms with Crippen molar-refractivity contribution in [3.63, 3.8) is 0 Å². The van der Waals surface area contributed by atoms with Crippen LogP contribution in [0.2, 0.25) is 0 Å². The summed E-state index contributed by atoms with van der Waals surface area (Å²) in [5.41, 5.74) is 0.824. The minimum absolute atomic E-state index is 0.00119. The maximum absolute atomic E-state index is 11.8. The molecule has 0 heterocycles. The maximum atomic E-state index is 11.8. The average molecular weight is 327 g/mol. The van der Waals surface area contributed by atoms with E-state index in [0.717, 1.165) is 16.6 Å². The number of nitrogens with one attached hydrogen (secondary N) is 2. The van der Waals surface area contributed by atoms with Gasteiger partial charge in [-0.15, -0.1) is 0 Å². The van der Waals surface area contributed by atoms with Gasteiger partial charge < -0.3 is 10.6 Å². The summed E-state index contributed by atoms with van der Waals surface area (Å²) in [6.07, 6.45) is 2.28. The Kier molecular flexibility index (Phi) is 7.10. The van der Waals surface area contributed by atoms with Gasteiger partial charge in [0.2, 0.25) is 5.91 Å². The predicted molar refractivity (Wildman–Crippen MR) is 84.3 cm³/mol. The molecule has 1 aromatic carbocycles. The number of hydrogen-bond donors (Lipinski definition) is 2. The molecule has 0 unspecified atom stereocenters. The molecule has 0 aliphatic carbocycles. The Morgan fingerprint density at radius 1 is 1.16 bits per heavy atom. The fraction of sp³-hybridized carbons (Fsp3) is 0.533. The van der Waals surface area contributed by atoms with Gasteiger partial charge in [0, 0.05) is 16.2 Å². The van der Waals surface area contributed by atoms with Crippen LogP contribution in [-0.2, 0) is 4.79 Å². The van der Waals surface area contributed by atoms with E-state index in [2.05, 4.69) is 47.3 Å². The standard InChI is InChI=1S/C15H23BrN2O/c1-11(2)4-5-12(3)17-10-15(19)18-14-8-6-13(16)7-9-14/h6-9,11-12,17H,4-5,10H2,1-3H3,(H,18,19)/t12-/m0/s1. The van der Waals surface area contributed by atoms with E-state index >= 15 is 0 Å². The van der Waals surface area contributed by atoms with Crippen LogP contribution in [0.15, 0.2) is 28.7 Å². The van der Waals surface area contributed by atoms with Crippen molar-refractivity contribution in [3.8, 4) is 0 Å². The molecule has 19 heavy (non-hydrogen) atoms. The molecule has 2 N–H and O–H groups in total. The Labute approximate surface area is 124 Å². The molecule has 106 valence electrons. The van der Waals surface area contributed by atoms with Crippen molar-refractivity contribution in [3.05, 3.63) is 28.7 Å². The molecule has 0 saturated carbocycles. The number of carbonyl (C=O) groups is 1. The summed E-state index contributed by atoms with van der Waals surface area (Å²) < 4.78 is 1.01. The van der Waals surface area contributed by atoms with Crippen molar-refractivity contribution in [2.24, 2.45) is 5.92 Å². The second kappa shape index (κ2) is 8.33. The molecule has 0 fully saturated rings. The lowest BCUT2D eigenvalue weighted by atomic mass is 10.0. The number of rotatable bonds is 7. The van der Waals surface area contributed by atoms with Crippen molar-refractivity contribution in [2.75, 3.05) is 11.9 Å². The number of carbonyl (C=O) groups excluding carboxylic acids is 1. The number of benzene rings is 1. The minimum Gasteiger partial charge on any atom is -0.325 e. The molecule has 1 atom stereocenters. The number of anilines is 1. The third-order valence-electron chi connectivity index (χ3n) is 2.92. The number of hydrogen-bond acceptors (Lipinski definition) is 2. The maximum Gasteiger partial charge on any atom is 0.238 e. The average Bonchev–Trinajstić information content (AvgIpc) is 2.36. The van der Waals surface area contributed by atoms with E-state index in [4.69, 9.17) is 0 Å². The van der Waals surface area contributed by atoms with Gasteiger partial charge in [0.15, 0.2) is 0 Å². The van der Waals surface area contributed by atoms with E-state index in [0.29, 0.717) is 18.5 Å². The Bertz CT molecular complexity index is 390. The van der Waals surface area contributed by atoms with Crippen LogP contribution in [0.4, 0.5) is 5.69 Å². The highest BCUT2D eigenvalue weighted by Crippen LogP contribution is 2.13. The molecule has 1 aromatic rings. The van der Waals surface area contributed by atoms with Crippen LogP contribution in [0.1, 0.15) is 33.6 Å². The fourth-order valence-corrected chi connectivity index (χ4v) is 1.96. The monoisotopic (exact) mass is 326 g/mol. The van der Waals surface area contributed by atoms with Gasteiger partial charge in [-0.05, 0) is 49.9 Å². The van der Waals surface area contributed by atoms with Gasteiger partial charge in [0.25, 0.3) is 0 Å².